The van der Waals surface area contributed by atoms with Crippen molar-refractivity contribution in [3.8, 4) is 0 Å². The Balaban J connectivity index is 2.07. The molecule has 6 nitrogen and oxygen atoms in total. The molecule has 0 saturated heterocycles. The average Bonchev–Trinajstić information content (AvgIpc) is 3.17. The van der Waals surface area contributed by atoms with Crippen molar-refractivity contribution in [3.05, 3.63) is 42.0 Å². The van der Waals surface area contributed by atoms with Gasteiger partial charge in [-0.1, -0.05) is 19.1 Å². The van der Waals surface area contributed by atoms with Gasteiger partial charge in [-0.05, 0) is 19.1 Å². The number of fused-ring (bicyclic) bond motifs is 7. The maximum Gasteiger partial charge on any atom is 0.202 e. The van der Waals surface area contributed by atoms with E-state index < -0.39 is 0 Å². The van der Waals surface area contributed by atoms with Crippen LogP contribution in [0, 0.1) is 6.92 Å². The van der Waals surface area contributed by atoms with Gasteiger partial charge in [0.05, 0.1) is 5.52 Å². The maximum absolute atomic E-state index is 5.97. The predicted molar refractivity (Wildman–Crippen MR) is 83.1 cm³/mol. The molecule has 0 unspecified atom stereocenters. The van der Waals surface area contributed by atoms with Gasteiger partial charge in [0.25, 0.3) is 0 Å². The zero-order valence-corrected chi connectivity index (χ0v) is 12.2. The summed E-state index contributed by atoms with van der Waals surface area (Å²) in [7, 11) is 0. The van der Waals surface area contributed by atoms with E-state index in [1.165, 1.54) is 0 Å². The van der Waals surface area contributed by atoms with Crippen molar-refractivity contribution in [2.75, 3.05) is 0 Å². The smallest absolute Gasteiger partial charge is 0.202 e. The highest BCUT2D eigenvalue weighted by atomic mass is 16.3. The molecule has 4 heterocycles. The quantitative estimate of drug-likeness (QED) is 0.476. The summed E-state index contributed by atoms with van der Waals surface area (Å²) in [6, 6.07) is 10.1. The third-order valence-electron chi connectivity index (χ3n) is 4.15. The van der Waals surface area contributed by atoms with Gasteiger partial charge in [-0.25, -0.2) is 0 Å². The van der Waals surface area contributed by atoms with Gasteiger partial charge in [0, 0.05) is 17.9 Å². The summed E-state index contributed by atoms with van der Waals surface area (Å²) in [6.45, 7) is 4.04. The second-order valence-electron chi connectivity index (χ2n) is 5.43. The number of aromatic nitrogens is 5. The van der Waals surface area contributed by atoms with Gasteiger partial charge in [-0.15, -0.1) is 10.2 Å². The zero-order chi connectivity index (χ0) is 14.8. The van der Waals surface area contributed by atoms with Crippen LogP contribution in [0.4, 0.5) is 0 Å². The summed E-state index contributed by atoms with van der Waals surface area (Å²) in [5.74, 6) is 1.75. The lowest BCUT2D eigenvalue weighted by atomic mass is 10.2. The molecule has 0 radical (unpaired) electrons. The molecule has 4 aromatic heterocycles. The van der Waals surface area contributed by atoms with Gasteiger partial charge in [-0.3, -0.25) is 4.40 Å². The Kier molecular flexibility index (Phi) is 2.05. The van der Waals surface area contributed by atoms with Gasteiger partial charge >= 0.3 is 0 Å². The molecular weight excluding hydrogens is 278 g/mol. The van der Waals surface area contributed by atoms with Crippen LogP contribution in [0.3, 0.4) is 0 Å². The summed E-state index contributed by atoms with van der Waals surface area (Å²) in [4.78, 5) is 0. The van der Waals surface area contributed by atoms with Gasteiger partial charge in [-0.2, -0.15) is 9.61 Å². The Hall–Kier alpha value is -2.89. The third-order valence-corrected chi connectivity index (χ3v) is 4.15. The van der Waals surface area contributed by atoms with E-state index in [2.05, 4.69) is 32.7 Å². The second kappa shape index (κ2) is 3.85. The minimum Gasteiger partial charge on any atom is -0.454 e. The van der Waals surface area contributed by atoms with Crippen molar-refractivity contribution < 1.29 is 4.42 Å². The van der Waals surface area contributed by atoms with E-state index in [4.69, 9.17) is 4.42 Å². The highest BCUT2D eigenvalue weighted by Crippen LogP contribution is 2.32. The fourth-order valence-corrected chi connectivity index (χ4v) is 3.18. The first-order valence-electron chi connectivity index (χ1n) is 7.31. The Labute approximate surface area is 125 Å². The van der Waals surface area contributed by atoms with E-state index in [-0.39, 0.29) is 0 Å². The Morgan fingerprint density at radius 2 is 2.00 bits per heavy atom. The normalized spacial score (nSPS) is 12.3. The number of furan rings is 1. The first kappa shape index (κ1) is 11.7. The van der Waals surface area contributed by atoms with Crippen LogP contribution >= 0.6 is 0 Å². The van der Waals surface area contributed by atoms with E-state index in [0.717, 1.165) is 51.3 Å². The number of hydrogen-bond donors (Lipinski definition) is 0. The van der Waals surface area contributed by atoms with Crippen molar-refractivity contribution in [2.24, 2.45) is 0 Å². The van der Waals surface area contributed by atoms with Crippen LogP contribution < -0.4 is 0 Å². The molecule has 0 N–H and O–H groups in total. The molecule has 5 rings (SSSR count). The highest BCUT2D eigenvalue weighted by Gasteiger charge is 2.18. The molecule has 0 aliphatic heterocycles. The lowest BCUT2D eigenvalue weighted by Gasteiger charge is -2.04. The van der Waals surface area contributed by atoms with Gasteiger partial charge in [0.2, 0.25) is 5.65 Å². The number of rotatable bonds is 1. The monoisotopic (exact) mass is 291 g/mol. The Morgan fingerprint density at radius 1 is 1.14 bits per heavy atom. The predicted octanol–water partition coefficient (Wildman–Crippen LogP) is 3.15. The van der Waals surface area contributed by atoms with E-state index >= 15 is 0 Å². The van der Waals surface area contributed by atoms with E-state index in [9.17, 15) is 0 Å². The molecule has 0 bridgehead atoms. The molecule has 0 aliphatic carbocycles. The lowest BCUT2D eigenvalue weighted by molar-refractivity contribution is 0.669. The minimum absolute atomic E-state index is 0.762. The lowest BCUT2D eigenvalue weighted by Crippen LogP contribution is -2.05. The highest BCUT2D eigenvalue weighted by molar-refractivity contribution is 6.06. The summed E-state index contributed by atoms with van der Waals surface area (Å²) in [5, 5.41) is 14.3. The fraction of sp³-hybridized carbons (Fsp3) is 0.188. The molecule has 0 atom stereocenters. The van der Waals surface area contributed by atoms with Crippen molar-refractivity contribution in [1.29, 1.82) is 0 Å². The molecule has 108 valence electrons. The van der Waals surface area contributed by atoms with E-state index in [1.807, 2.05) is 35.7 Å². The Morgan fingerprint density at radius 3 is 2.86 bits per heavy atom. The zero-order valence-electron chi connectivity index (χ0n) is 12.2. The van der Waals surface area contributed by atoms with E-state index in [0.29, 0.717) is 0 Å². The molecule has 0 amide bonds. The van der Waals surface area contributed by atoms with Crippen molar-refractivity contribution in [2.45, 2.75) is 20.3 Å². The molecule has 0 fully saturated rings. The van der Waals surface area contributed by atoms with Crippen molar-refractivity contribution in [1.82, 2.24) is 24.2 Å². The topological polar surface area (TPSA) is 60.6 Å². The van der Waals surface area contributed by atoms with Crippen LogP contribution in [0.5, 0.6) is 0 Å². The van der Waals surface area contributed by atoms with Gasteiger partial charge in [0.1, 0.15) is 16.9 Å². The number of benzene rings is 1. The Bertz CT molecular complexity index is 1180. The van der Waals surface area contributed by atoms with Crippen LogP contribution in [0.2, 0.25) is 0 Å². The van der Waals surface area contributed by atoms with Crippen LogP contribution in [0.25, 0.3) is 33.2 Å². The SMILES string of the molecule is CCc1nnc2c3cc4oc5ccccc5c4n3c(C)nn12. The average molecular weight is 291 g/mol. The van der Waals surface area contributed by atoms with Crippen molar-refractivity contribution >= 4 is 33.2 Å². The maximum atomic E-state index is 5.97. The standard InChI is InChI=1S/C16H13N5O/c1-3-14-17-18-16-11-8-13-15(20(11)9(2)19-21(14)16)10-6-4-5-7-12(10)22-13/h4-8H,3H2,1-2H3. The van der Waals surface area contributed by atoms with E-state index in [1.54, 1.807) is 0 Å². The number of nitrogens with zero attached hydrogens (tertiary/aromatic N) is 5. The first-order valence-corrected chi connectivity index (χ1v) is 7.31. The molecule has 0 aliphatic rings. The van der Waals surface area contributed by atoms with Crippen molar-refractivity contribution in [3.63, 3.8) is 0 Å². The largest absolute Gasteiger partial charge is 0.454 e. The molecule has 5 aromatic rings. The van der Waals surface area contributed by atoms with Crippen LogP contribution in [-0.2, 0) is 6.42 Å². The fourth-order valence-electron chi connectivity index (χ4n) is 3.18. The molecule has 22 heavy (non-hydrogen) atoms. The number of hydrogen-bond acceptors (Lipinski definition) is 4. The minimum atomic E-state index is 0.762. The second-order valence-corrected chi connectivity index (χ2v) is 5.43. The number of para-hydroxylation sites is 1. The number of aryl methyl sites for hydroxylation is 2. The summed E-state index contributed by atoms with van der Waals surface area (Å²) in [5.41, 5.74) is 4.51. The molecule has 0 spiro atoms. The van der Waals surface area contributed by atoms with Gasteiger partial charge < -0.3 is 4.42 Å². The molecular formula is C16H13N5O. The molecule has 6 heteroatoms. The van der Waals surface area contributed by atoms with Crippen LogP contribution in [0.15, 0.2) is 34.7 Å². The summed E-state index contributed by atoms with van der Waals surface area (Å²) < 4.78 is 9.90. The third kappa shape index (κ3) is 1.27. The van der Waals surface area contributed by atoms with Crippen LogP contribution in [-0.4, -0.2) is 24.2 Å². The van der Waals surface area contributed by atoms with Gasteiger partial charge in [0.15, 0.2) is 11.4 Å². The summed E-state index contributed by atoms with van der Waals surface area (Å²) in [6.07, 6.45) is 0.795. The van der Waals surface area contributed by atoms with Crippen LogP contribution in [0.1, 0.15) is 18.6 Å². The molecule has 1 aromatic carbocycles. The first-order chi connectivity index (χ1) is 10.8. The molecule has 0 saturated carbocycles. The summed E-state index contributed by atoms with van der Waals surface area (Å²) >= 11 is 0.